The van der Waals surface area contributed by atoms with Gasteiger partial charge in [-0.15, -0.1) is 0 Å². The van der Waals surface area contributed by atoms with Crippen LogP contribution in [-0.2, 0) is 0 Å². The van der Waals surface area contributed by atoms with Gasteiger partial charge in [-0.2, -0.15) is 4.37 Å². The van der Waals surface area contributed by atoms with Crippen LogP contribution in [0.2, 0.25) is 0 Å². The number of carbonyl (C=O) groups is 2. The second-order valence-corrected chi connectivity index (χ2v) is 4.85. The Morgan fingerprint density at radius 3 is 2.62 bits per heavy atom. The van der Waals surface area contributed by atoms with Gasteiger partial charge in [-0.1, -0.05) is 0 Å². The molecule has 2 aromatic heterocycles. The molecule has 0 atom stereocenters. The van der Waals surface area contributed by atoms with Crippen LogP contribution >= 0.6 is 11.5 Å². The lowest BCUT2D eigenvalue weighted by atomic mass is 10.2. The Hall–Kier alpha value is -2.75. The number of aromatic carboxylic acids is 1. The predicted octanol–water partition coefficient (Wildman–Crippen LogP) is -0.197. The number of aryl methyl sites for hydroxylation is 1. The molecule has 1 amide bonds. The number of aromatic amines is 2. The molecule has 3 N–H and O–H groups in total. The Morgan fingerprint density at radius 2 is 2.05 bits per heavy atom. The fourth-order valence-corrected chi connectivity index (χ4v) is 2.52. The van der Waals surface area contributed by atoms with Crippen molar-refractivity contribution in [2.75, 3.05) is 11.9 Å². The molecule has 110 valence electrons. The first-order chi connectivity index (χ1) is 9.82. The molecule has 0 saturated heterocycles. The van der Waals surface area contributed by atoms with E-state index >= 15 is 0 Å². The smallest absolute Gasteiger partial charge is 0.340 e. The van der Waals surface area contributed by atoms with Crippen molar-refractivity contribution in [1.82, 2.24) is 14.3 Å². The maximum absolute atomic E-state index is 12.2. The van der Waals surface area contributed by atoms with Crippen LogP contribution in [0, 0.1) is 6.92 Å². The van der Waals surface area contributed by atoms with Gasteiger partial charge in [-0.25, -0.2) is 9.59 Å². The number of amides is 1. The maximum Gasteiger partial charge on any atom is 0.340 e. The number of aromatic nitrogens is 3. The largest absolute Gasteiger partial charge is 0.478 e. The van der Waals surface area contributed by atoms with E-state index in [2.05, 4.69) is 9.36 Å². The van der Waals surface area contributed by atoms with E-state index in [1.807, 2.05) is 4.98 Å². The summed E-state index contributed by atoms with van der Waals surface area (Å²) in [5, 5.41) is 9.25. The van der Waals surface area contributed by atoms with Gasteiger partial charge in [0.05, 0.1) is 5.69 Å². The molecule has 0 bridgehead atoms. The Morgan fingerprint density at radius 1 is 1.38 bits per heavy atom. The lowest BCUT2D eigenvalue weighted by molar-refractivity contribution is 0.0697. The van der Waals surface area contributed by atoms with Crippen LogP contribution in [0.15, 0.2) is 15.8 Å². The molecule has 2 heterocycles. The normalized spacial score (nSPS) is 10.4. The number of carboxylic acid groups (broad SMARTS) is 1. The van der Waals surface area contributed by atoms with Crippen LogP contribution in [0.4, 0.5) is 5.00 Å². The molecule has 9 nitrogen and oxygen atoms in total. The van der Waals surface area contributed by atoms with E-state index < -0.39 is 23.1 Å². The summed E-state index contributed by atoms with van der Waals surface area (Å²) in [7, 11) is 1.33. The van der Waals surface area contributed by atoms with Gasteiger partial charge in [0.15, 0.2) is 0 Å². The Bertz CT molecular complexity index is 834. The predicted molar refractivity (Wildman–Crippen MR) is 74.2 cm³/mol. The summed E-state index contributed by atoms with van der Waals surface area (Å²) < 4.78 is 3.89. The van der Waals surface area contributed by atoms with Crippen LogP contribution in [0.25, 0.3) is 0 Å². The number of carbonyl (C=O) groups excluding carboxylic acids is 1. The SMILES string of the molecule is Cc1nsc(N(C)C(=O)c2c[nH]c(=O)[nH]c2=O)c1C(=O)O. The third-order valence-electron chi connectivity index (χ3n) is 2.72. The van der Waals surface area contributed by atoms with Crippen LogP contribution in [0.5, 0.6) is 0 Å². The summed E-state index contributed by atoms with van der Waals surface area (Å²) in [5.74, 6) is -1.97. The molecule has 0 aliphatic carbocycles. The van der Waals surface area contributed by atoms with Gasteiger partial charge in [0.25, 0.3) is 11.5 Å². The fraction of sp³-hybridized carbons (Fsp3) is 0.182. The standard InChI is InChI=1S/C11H10N4O5S/c1-4-6(10(18)19)9(21-14-4)15(2)8(17)5-3-12-11(20)13-7(5)16/h3H,1-2H3,(H,18,19)(H2,12,13,16,20). The molecule has 0 aliphatic heterocycles. The minimum Gasteiger partial charge on any atom is -0.478 e. The van der Waals surface area contributed by atoms with Crippen molar-refractivity contribution in [3.05, 3.63) is 43.9 Å². The van der Waals surface area contributed by atoms with Crippen molar-refractivity contribution in [2.24, 2.45) is 0 Å². The number of nitrogens with one attached hydrogen (secondary N) is 2. The average Bonchev–Trinajstić information content (AvgIpc) is 2.79. The molecule has 0 spiro atoms. The van der Waals surface area contributed by atoms with Crippen molar-refractivity contribution in [3.8, 4) is 0 Å². The number of nitrogens with zero attached hydrogens (tertiary/aromatic N) is 2. The van der Waals surface area contributed by atoms with Crippen LogP contribution in [0.3, 0.4) is 0 Å². The summed E-state index contributed by atoms with van der Waals surface area (Å²) in [6.45, 7) is 1.51. The van der Waals surface area contributed by atoms with Gasteiger partial charge >= 0.3 is 11.7 Å². The molecule has 21 heavy (non-hydrogen) atoms. The summed E-state index contributed by atoms with van der Waals surface area (Å²) >= 11 is 0.835. The number of carboxylic acids is 1. The molecule has 10 heteroatoms. The molecule has 0 saturated carbocycles. The summed E-state index contributed by atoms with van der Waals surface area (Å²) in [5.41, 5.74) is -1.72. The zero-order valence-electron chi connectivity index (χ0n) is 11.0. The number of hydrogen-bond acceptors (Lipinski definition) is 6. The fourth-order valence-electron chi connectivity index (χ4n) is 1.67. The third kappa shape index (κ3) is 2.60. The van der Waals surface area contributed by atoms with Crippen LogP contribution in [-0.4, -0.2) is 38.4 Å². The van der Waals surface area contributed by atoms with Crippen molar-refractivity contribution in [3.63, 3.8) is 0 Å². The minimum atomic E-state index is -1.22. The number of rotatable bonds is 3. The monoisotopic (exact) mass is 310 g/mol. The van der Waals surface area contributed by atoms with Crippen molar-refractivity contribution in [2.45, 2.75) is 6.92 Å². The second-order valence-electron chi connectivity index (χ2n) is 4.10. The Balaban J connectivity index is 2.47. The summed E-state index contributed by atoms with van der Waals surface area (Å²) in [6.07, 6.45) is 0.980. The second kappa shape index (κ2) is 5.32. The van der Waals surface area contributed by atoms with Crippen molar-refractivity contribution in [1.29, 1.82) is 0 Å². The molecular weight excluding hydrogens is 300 g/mol. The first kappa shape index (κ1) is 14.7. The van der Waals surface area contributed by atoms with E-state index in [1.54, 1.807) is 0 Å². The van der Waals surface area contributed by atoms with Crippen LogP contribution in [0.1, 0.15) is 26.4 Å². The quantitative estimate of drug-likeness (QED) is 0.718. The molecule has 0 fully saturated rings. The molecular formula is C11H10N4O5S. The third-order valence-corrected chi connectivity index (χ3v) is 3.73. The summed E-state index contributed by atoms with van der Waals surface area (Å²) in [4.78, 5) is 51.1. The summed E-state index contributed by atoms with van der Waals surface area (Å²) in [6, 6.07) is 0. The van der Waals surface area contributed by atoms with Gasteiger partial charge in [0.2, 0.25) is 0 Å². The highest BCUT2D eigenvalue weighted by Gasteiger charge is 2.25. The Labute approximate surface area is 121 Å². The maximum atomic E-state index is 12.2. The van der Waals surface area contributed by atoms with E-state index in [1.165, 1.54) is 14.0 Å². The molecule has 0 unspecified atom stereocenters. The van der Waals surface area contributed by atoms with E-state index in [4.69, 9.17) is 5.11 Å². The molecule has 2 rings (SSSR count). The van der Waals surface area contributed by atoms with E-state index in [0.717, 1.165) is 22.6 Å². The average molecular weight is 310 g/mol. The molecule has 0 aromatic carbocycles. The lowest BCUT2D eigenvalue weighted by Crippen LogP contribution is -2.35. The van der Waals surface area contributed by atoms with E-state index in [0.29, 0.717) is 0 Å². The van der Waals surface area contributed by atoms with Gasteiger partial charge in [-0.05, 0) is 18.5 Å². The first-order valence-corrected chi connectivity index (χ1v) is 6.40. The zero-order chi connectivity index (χ0) is 15.7. The van der Waals surface area contributed by atoms with Gasteiger partial charge in [-0.3, -0.25) is 14.6 Å². The lowest BCUT2D eigenvalue weighted by Gasteiger charge is -2.15. The topological polar surface area (TPSA) is 136 Å². The minimum absolute atomic E-state index is 0.100. The van der Waals surface area contributed by atoms with Gasteiger partial charge < -0.3 is 15.0 Å². The number of H-pyrrole nitrogens is 2. The molecule has 0 radical (unpaired) electrons. The number of anilines is 1. The molecule has 2 aromatic rings. The number of hydrogen-bond donors (Lipinski definition) is 3. The van der Waals surface area contributed by atoms with E-state index in [-0.39, 0.29) is 21.8 Å². The van der Waals surface area contributed by atoms with Crippen molar-refractivity contribution >= 4 is 28.4 Å². The first-order valence-electron chi connectivity index (χ1n) is 5.62. The van der Waals surface area contributed by atoms with Crippen molar-refractivity contribution < 1.29 is 14.7 Å². The highest BCUT2D eigenvalue weighted by atomic mass is 32.1. The highest BCUT2D eigenvalue weighted by Crippen LogP contribution is 2.28. The van der Waals surface area contributed by atoms with Gasteiger partial charge in [0, 0.05) is 13.2 Å². The van der Waals surface area contributed by atoms with Gasteiger partial charge in [0.1, 0.15) is 16.1 Å². The van der Waals surface area contributed by atoms with Crippen LogP contribution < -0.4 is 16.1 Å². The zero-order valence-corrected chi connectivity index (χ0v) is 11.8. The molecule has 0 aliphatic rings. The highest BCUT2D eigenvalue weighted by molar-refractivity contribution is 7.11. The van der Waals surface area contributed by atoms with E-state index in [9.17, 15) is 19.2 Å². The Kier molecular flexibility index (Phi) is 3.72.